The molecule has 0 saturated heterocycles. The number of Topliss-reactive ketones (excluding diaryl/α,β-unsaturated/α-hetero) is 1. The van der Waals surface area contributed by atoms with Crippen molar-refractivity contribution < 1.29 is 19.4 Å². The topological polar surface area (TPSA) is 81.4 Å². The number of aromatic hydroxyl groups is 1. The van der Waals surface area contributed by atoms with Crippen molar-refractivity contribution in [3.8, 4) is 11.6 Å². The molecule has 116 valence electrons. The monoisotopic (exact) mass is 342 g/mol. The summed E-state index contributed by atoms with van der Waals surface area (Å²) in [5, 5.41) is 14.7. The lowest BCUT2D eigenvalue weighted by Crippen LogP contribution is -2.10. The third-order valence-corrected chi connectivity index (χ3v) is 3.52. The first-order valence-electron chi connectivity index (χ1n) is 6.21. The lowest BCUT2D eigenvalue weighted by molar-refractivity contribution is -0.139. The number of hydrogen-bond donors (Lipinski definition) is 1. The molecule has 0 unspecified atom stereocenters. The maximum atomic E-state index is 11.9. The van der Waals surface area contributed by atoms with Crippen LogP contribution in [0.25, 0.3) is 5.69 Å². The Kier molecular flexibility index (Phi) is 5.05. The first kappa shape index (κ1) is 16.3. The van der Waals surface area contributed by atoms with Crippen molar-refractivity contribution in [2.75, 3.05) is 13.0 Å². The number of carbonyl (C=O) groups is 2. The predicted molar refractivity (Wildman–Crippen MR) is 81.0 cm³/mol. The lowest BCUT2D eigenvalue weighted by atomic mass is 10.1. The first-order valence-corrected chi connectivity index (χ1v) is 7.12. The number of rotatable bonds is 5. The molecule has 8 heteroatoms. The van der Waals surface area contributed by atoms with Crippen molar-refractivity contribution in [1.29, 1.82) is 0 Å². The average molecular weight is 343 g/mol. The van der Waals surface area contributed by atoms with Crippen LogP contribution >= 0.6 is 23.2 Å². The molecule has 6 nitrogen and oxygen atoms in total. The number of nitrogens with zero attached hydrogens (tertiary/aromatic N) is 2. The summed E-state index contributed by atoms with van der Waals surface area (Å²) < 4.78 is 5.66. The van der Waals surface area contributed by atoms with Crippen molar-refractivity contribution in [2.45, 2.75) is 6.42 Å². The molecule has 0 aliphatic carbocycles. The Morgan fingerprint density at radius 1 is 1.36 bits per heavy atom. The number of para-hydroxylation sites is 1. The molecule has 0 aliphatic rings. The molecule has 1 aromatic carbocycles. The van der Waals surface area contributed by atoms with Gasteiger partial charge >= 0.3 is 5.97 Å². The van der Waals surface area contributed by atoms with E-state index < -0.39 is 17.6 Å². The van der Waals surface area contributed by atoms with E-state index in [0.717, 1.165) is 4.68 Å². The minimum absolute atomic E-state index is 0.0786. The van der Waals surface area contributed by atoms with Gasteiger partial charge in [0.1, 0.15) is 5.56 Å². The van der Waals surface area contributed by atoms with E-state index in [4.69, 9.17) is 23.2 Å². The van der Waals surface area contributed by atoms with Crippen LogP contribution in [-0.4, -0.2) is 39.6 Å². The van der Waals surface area contributed by atoms with Gasteiger partial charge in [-0.15, -0.1) is 11.6 Å². The van der Waals surface area contributed by atoms with Crippen LogP contribution in [0.3, 0.4) is 0 Å². The molecule has 0 aliphatic heterocycles. The fourth-order valence-corrected chi connectivity index (χ4v) is 2.28. The van der Waals surface area contributed by atoms with E-state index in [0.29, 0.717) is 10.7 Å². The second-order valence-corrected chi connectivity index (χ2v) is 4.99. The van der Waals surface area contributed by atoms with E-state index in [-0.39, 0.29) is 23.6 Å². The van der Waals surface area contributed by atoms with Crippen LogP contribution in [-0.2, 0) is 16.0 Å². The number of methoxy groups -OCH3 is 1. The zero-order chi connectivity index (χ0) is 16.3. The van der Waals surface area contributed by atoms with Gasteiger partial charge in [-0.25, -0.2) is 0 Å². The maximum absolute atomic E-state index is 11.9. The number of benzene rings is 1. The van der Waals surface area contributed by atoms with E-state index in [9.17, 15) is 14.7 Å². The molecular formula is C14H12Cl2N2O4. The van der Waals surface area contributed by atoms with Crippen molar-refractivity contribution in [3.05, 3.63) is 40.5 Å². The minimum Gasteiger partial charge on any atom is -0.493 e. The van der Waals surface area contributed by atoms with Gasteiger partial charge in [0.15, 0.2) is 5.78 Å². The Bertz CT molecular complexity index is 728. The van der Waals surface area contributed by atoms with Crippen LogP contribution in [0.2, 0.25) is 5.02 Å². The summed E-state index contributed by atoms with van der Waals surface area (Å²) in [6.45, 7) is 0. The maximum Gasteiger partial charge on any atom is 0.311 e. The third-order valence-electron chi connectivity index (χ3n) is 2.95. The van der Waals surface area contributed by atoms with Gasteiger partial charge in [-0.3, -0.25) is 9.59 Å². The quantitative estimate of drug-likeness (QED) is 0.512. The molecule has 0 amide bonds. The Morgan fingerprint density at radius 2 is 2.05 bits per heavy atom. The molecule has 22 heavy (non-hydrogen) atoms. The van der Waals surface area contributed by atoms with Crippen molar-refractivity contribution >= 4 is 35.0 Å². The fraction of sp³-hybridized carbons (Fsp3) is 0.214. The molecule has 0 atom stereocenters. The second kappa shape index (κ2) is 6.81. The smallest absolute Gasteiger partial charge is 0.311 e. The van der Waals surface area contributed by atoms with Crippen LogP contribution < -0.4 is 0 Å². The summed E-state index contributed by atoms with van der Waals surface area (Å²) in [5.74, 6) is -1.91. The molecule has 2 aromatic rings. The summed E-state index contributed by atoms with van der Waals surface area (Å²) in [6, 6.07) is 6.64. The molecular weight excluding hydrogens is 331 g/mol. The van der Waals surface area contributed by atoms with Gasteiger partial charge in [-0.05, 0) is 12.1 Å². The SMILES string of the molecule is COC(=O)Cc1nn(-c2ccccc2Cl)c(O)c1C(=O)CCl. The van der Waals surface area contributed by atoms with Crippen LogP contribution in [0.5, 0.6) is 5.88 Å². The van der Waals surface area contributed by atoms with E-state index in [2.05, 4.69) is 9.84 Å². The van der Waals surface area contributed by atoms with Gasteiger partial charge in [-0.1, -0.05) is 23.7 Å². The van der Waals surface area contributed by atoms with Crippen LogP contribution in [0, 0.1) is 0 Å². The predicted octanol–water partition coefficient (Wildman–Crippen LogP) is 2.37. The highest BCUT2D eigenvalue weighted by molar-refractivity contribution is 6.32. The van der Waals surface area contributed by atoms with Gasteiger partial charge in [0.05, 0.1) is 35.8 Å². The van der Waals surface area contributed by atoms with Gasteiger partial charge < -0.3 is 9.84 Å². The Labute approximate surface area is 136 Å². The van der Waals surface area contributed by atoms with E-state index in [1.165, 1.54) is 7.11 Å². The van der Waals surface area contributed by atoms with Gasteiger partial charge in [-0.2, -0.15) is 9.78 Å². The average Bonchev–Trinajstić information content (AvgIpc) is 2.83. The van der Waals surface area contributed by atoms with Gasteiger partial charge in [0.2, 0.25) is 5.88 Å². The highest BCUT2D eigenvalue weighted by Gasteiger charge is 2.26. The number of ketones is 1. The highest BCUT2D eigenvalue weighted by Crippen LogP contribution is 2.29. The zero-order valence-corrected chi connectivity index (χ0v) is 13.1. The first-order chi connectivity index (χ1) is 10.5. The molecule has 1 heterocycles. The Hall–Kier alpha value is -2.05. The van der Waals surface area contributed by atoms with Gasteiger partial charge in [0.25, 0.3) is 0 Å². The number of carbonyl (C=O) groups excluding carboxylic acids is 2. The Balaban J connectivity index is 2.60. The van der Waals surface area contributed by atoms with Crippen molar-refractivity contribution in [3.63, 3.8) is 0 Å². The summed E-state index contributed by atoms with van der Waals surface area (Å²) in [5.41, 5.74) is 0.344. The number of aromatic nitrogens is 2. The van der Waals surface area contributed by atoms with Crippen molar-refractivity contribution in [2.24, 2.45) is 0 Å². The normalized spacial score (nSPS) is 10.5. The summed E-state index contributed by atoms with van der Waals surface area (Å²) in [6.07, 6.45) is -0.264. The lowest BCUT2D eigenvalue weighted by Gasteiger charge is -2.05. The van der Waals surface area contributed by atoms with Crippen LogP contribution in [0.4, 0.5) is 0 Å². The second-order valence-electron chi connectivity index (χ2n) is 4.32. The molecule has 0 radical (unpaired) electrons. The molecule has 0 saturated carbocycles. The molecule has 0 bridgehead atoms. The third kappa shape index (κ3) is 3.08. The van der Waals surface area contributed by atoms with Crippen molar-refractivity contribution in [1.82, 2.24) is 9.78 Å². The summed E-state index contributed by atoms with van der Waals surface area (Å²) >= 11 is 11.6. The largest absolute Gasteiger partial charge is 0.493 e. The number of ether oxygens (including phenoxy) is 1. The molecule has 1 aromatic heterocycles. The number of halogens is 2. The highest BCUT2D eigenvalue weighted by atomic mass is 35.5. The number of esters is 1. The summed E-state index contributed by atoms with van der Waals surface area (Å²) in [7, 11) is 1.22. The summed E-state index contributed by atoms with van der Waals surface area (Å²) in [4.78, 5) is 23.4. The zero-order valence-electron chi connectivity index (χ0n) is 11.5. The Morgan fingerprint density at radius 3 is 2.64 bits per heavy atom. The van der Waals surface area contributed by atoms with Gasteiger partial charge in [0, 0.05) is 0 Å². The van der Waals surface area contributed by atoms with Crippen LogP contribution in [0.15, 0.2) is 24.3 Å². The molecule has 0 fully saturated rings. The van der Waals surface area contributed by atoms with Crippen LogP contribution in [0.1, 0.15) is 16.1 Å². The van der Waals surface area contributed by atoms with E-state index >= 15 is 0 Å². The number of hydrogen-bond acceptors (Lipinski definition) is 5. The standard InChI is InChI=1S/C14H12Cl2N2O4/c1-22-12(20)6-9-13(11(19)7-15)14(21)18(17-9)10-5-3-2-4-8(10)16/h2-5,21H,6-7H2,1H3. The number of alkyl halides is 1. The fourth-order valence-electron chi connectivity index (χ4n) is 1.93. The molecule has 0 spiro atoms. The molecule has 1 N–H and O–H groups in total. The molecule has 2 rings (SSSR count). The van der Waals surface area contributed by atoms with E-state index in [1.54, 1.807) is 24.3 Å². The minimum atomic E-state index is -0.590. The van der Waals surface area contributed by atoms with E-state index in [1.807, 2.05) is 0 Å².